The van der Waals surface area contributed by atoms with E-state index in [4.69, 9.17) is 25.7 Å². The van der Waals surface area contributed by atoms with Crippen LogP contribution in [0, 0.1) is 22.7 Å². The number of carbonyl (C=O) groups is 1. The zero-order valence-electron chi connectivity index (χ0n) is 14.1. The second-order valence-corrected chi connectivity index (χ2v) is 5.87. The van der Waals surface area contributed by atoms with Crippen LogP contribution in [0.4, 0.5) is 11.5 Å². The number of aromatic nitrogens is 1. The average Bonchev–Trinajstić information content (AvgIpc) is 2.66. The van der Waals surface area contributed by atoms with Crippen LogP contribution in [0.25, 0.3) is 0 Å². The lowest BCUT2D eigenvalue weighted by atomic mass is 10.2. The minimum Gasteiger partial charge on any atom is -0.493 e. The van der Waals surface area contributed by atoms with Gasteiger partial charge in [-0.1, -0.05) is 11.8 Å². The molecule has 0 fully saturated rings. The molecule has 0 saturated heterocycles. The van der Waals surface area contributed by atoms with Crippen LogP contribution in [0.1, 0.15) is 11.1 Å². The summed E-state index contributed by atoms with van der Waals surface area (Å²) in [6, 6.07) is 10.2. The van der Waals surface area contributed by atoms with Crippen LogP contribution >= 0.6 is 11.8 Å². The highest BCUT2D eigenvalue weighted by Crippen LogP contribution is 2.30. The Hall–Kier alpha value is -3.43. The number of methoxy groups -OCH3 is 2. The number of amides is 1. The Balaban J connectivity index is 2.07. The summed E-state index contributed by atoms with van der Waals surface area (Å²) in [5, 5.41) is 21.1. The van der Waals surface area contributed by atoms with E-state index in [9.17, 15) is 4.79 Å². The van der Waals surface area contributed by atoms with Crippen molar-refractivity contribution in [1.29, 1.82) is 10.5 Å². The SMILES string of the molecule is COc1ccc(NC(=O)CSc2nc(N)c(C#N)cc2C#N)cc1OC. The molecule has 1 amide bonds. The fourth-order valence-corrected chi connectivity index (χ4v) is 2.80. The van der Waals surface area contributed by atoms with Gasteiger partial charge in [0.05, 0.1) is 31.1 Å². The molecule has 1 aromatic carbocycles. The van der Waals surface area contributed by atoms with E-state index in [0.717, 1.165) is 11.8 Å². The van der Waals surface area contributed by atoms with E-state index in [1.165, 1.54) is 20.3 Å². The molecule has 0 unspecified atom stereocenters. The zero-order valence-corrected chi connectivity index (χ0v) is 14.9. The van der Waals surface area contributed by atoms with E-state index in [-0.39, 0.29) is 28.6 Å². The Bertz CT molecular complexity index is 918. The molecule has 0 saturated carbocycles. The van der Waals surface area contributed by atoms with Crippen molar-refractivity contribution in [1.82, 2.24) is 4.98 Å². The summed E-state index contributed by atoms with van der Waals surface area (Å²) in [5.74, 6) is 0.786. The van der Waals surface area contributed by atoms with Gasteiger partial charge in [0.15, 0.2) is 11.5 Å². The largest absolute Gasteiger partial charge is 0.493 e. The number of ether oxygens (including phenoxy) is 2. The molecule has 9 heteroatoms. The monoisotopic (exact) mass is 369 g/mol. The summed E-state index contributed by atoms with van der Waals surface area (Å²) in [6.07, 6.45) is 0. The van der Waals surface area contributed by atoms with Crippen LogP contribution in [-0.2, 0) is 4.79 Å². The summed E-state index contributed by atoms with van der Waals surface area (Å²) in [5.41, 5.74) is 6.52. The maximum atomic E-state index is 12.1. The topological polar surface area (TPSA) is 134 Å². The standard InChI is InChI=1S/C17H15N5O3S/c1-24-13-4-3-12(6-14(13)25-2)21-15(23)9-26-17-11(8-19)5-10(7-18)16(20)22-17/h3-6H,9H2,1-2H3,(H2,20,22)(H,21,23). The number of carbonyl (C=O) groups excluding carboxylic acids is 1. The van der Waals surface area contributed by atoms with Crippen molar-refractivity contribution in [2.45, 2.75) is 5.03 Å². The number of benzene rings is 1. The van der Waals surface area contributed by atoms with Crippen molar-refractivity contribution in [3.63, 3.8) is 0 Å². The molecule has 0 aliphatic heterocycles. The lowest BCUT2D eigenvalue weighted by molar-refractivity contribution is -0.113. The van der Waals surface area contributed by atoms with Gasteiger partial charge in [-0.15, -0.1) is 0 Å². The number of nitrogen functional groups attached to an aromatic ring is 1. The van der Waals surface area contributed by atoms with Gasteiger partial charge in [0, 0.05) is 11.8 Å². The summed E-state index contributed by atoms with van der Waals surface area (Å²) in [7, 11) is 3.03. The van der Waals surface area contributed by atoms with Crippen molar-refractivity contribution >= 4 is 29.2 Å². The number of rotatable bonds is 6. The number of hydrogen-bond donors (Lipinski definition) is 2. The molecular formula is C17H15N5O3S. The second kappa shape index (κ2) is 8.60. The van der Waals surface area contributed by atoms with Crippen molar-refractivity contribution in [2.75, 3.05) is 31.0 Å². The first kappa shape index (κ1) is 18.9. The van der Waals surface area contributed by atoms with Crippen molar-refractivity contribution < 1.29 is 14.3 Å². The van der Waals surface area contributed by atoms with Crippen LogP contribution < -0.4 is 20.5 Å². The Morgan fingerprint density at radius 3 is 2.50 bits per heavy atom. The maximum absolute atomic E-state index is 12.1. The van der Waals surface area contributed by atoms with E-state index < -0.39 is 0 Å². The molecule has 0 aliphatic rings. The van der Waals surface area contributed by atoms with Crippen LogP contribution in [0.3, 0.4) is 0 Å². The van der Waals surface area contributed by atoms with E-state index in [0.29, 0.717) is 22.2 Å². The van der Waals surface area contributed by atoms with Gasteiger partial charge in [0.25, 0.3) is 0 Å². The summed E-state index contributed by atoms with van der Waals surface area (Å²) in [4.78, 5) is 16.2. The Kier molecular flexibility index (Phi) is 6.25. The first-order chi connectivity index (χ1) is 12.5. The summed E-state index contributed by atoms with van der Waals surface area (Å²) in [6.45, 7) is 0. The van der Waals surface area contributed by atoms with E-state index in [1.54, 1.807) is 18.2 Å². The van der Waals surface area contributed by atoms with Crippen molar-refractivity contribution in [3.8, 4) is 23.6 Å². The Morgan fingerprint density at radius 1 is 1.19 bits per heavy atom. The second-order valence-electron chi connectivity index (χ2n) is 4.90. The summed E-state index contributed by atoms with van der Waals surface area (Å²) >= 11 is 1.06. The van der Waals surface area contributed by atoms with Gasteiger partial charge in [-0.05, 0) is 18.2 Å². The van der Waals surface area contributed by atoms with E-state index in [1.807, 2.05) is 12.1 Å². The third kappa shape index (κ3) is 4.35. The van der Waals surface area contributed by atoms with Crippen LogP contribution in [0.5, 0.6) is 11.5 Å². The molecule has 0 bridgehead atoms. The predicted molar refractivity (Wildman–Crippen MR) is 97.0 cm³/mol. The molecular weight excluding hydrogens is 354 g/mol. The lowest BCUT2D eigenvalue weighted by Crippen LogP contribution is -2.14. The van der Waals surface area contributed by atoms with E-state index in [2.05, 4.69) is 10.3 Å². The van der Waals surface area contributed by atoms with Gasteiger partial charge < -0.3 is 20.5 Å². The van der Waals surface area contributed by atoms with Gasteiger partial charge >= 0.3 is 0 Å². The van der Waals surface area contributed by atoms with Gasteiger partial charge in [-0.3, -0.25) is 4.79 Å². The fourth-order valence-electron chi connectivity index (χ4n) is 2.03. The third-order valence-corrected chi connectivity index (χ3v) is 4.26. The van der Waals surface area contributed by atoms with Gasteiger partial charge in [0.2, 0.25) is 5.91 Å². The predicted octanol–water partition coefficient (Wildman–Crippen LogP) is 2.16. The number of nitrogens with zero attached hydrogens (tertiary/aromatic N) is 3. The first-order valence-corrected chi connectivity index (χ1v) is 8.26. The third-order valence-electron chi connectivity index (χ3n) is 3.27. The smallest absolute Gasteiger partial charge is 0.234 e. The number of nitriles is 2. The van der Waals surface area contributed by atoms with E-state index >= 15 is 0 Å². The zero-order chi connectivity index (χ0) is 19.1. The lowest BCUT2D eigenvalue weighted by Gasteiger charge is -2.10. The van der Waals surface area contributed by atoms with Gasteiger partial charge in [0.1, 0.15) is 23.0 Å². The molecule has 8 nitrogen and oxygen atoms in total. The van der Waals surface area contributed by atoms with Crippen LogP contribution in [0.15, 0.2) is 29.3 Å². The van der Waals surface area contributed by atoms with Crippen molar-refractivity contribution in [2.24, 2.45) is 0 Å². The molecule has 26 heavy (non-hydrogen) atoms. The molecule has 0 spiro atoms. The maximum Gasteiger partial charge on any atom is 0.234 e. The summed E-state index contributed by atoms with van der Waals surface area (Å²) < 4.78 is 10.3. The molecule has 0 aliphatic carbocycles. The number of pyridine rings is 1. The quantitative estimate of drug-likeness (QED) is 0.740. The fraction of sp³-hybridized carbons (Fsp3) is 0.176. The highest BCUT2D eigenvalue weighted by Gasteiger charge is 2.13. The molecule has 1 aromatic heterocycles. The number of nitrogens with two attached hydrogens (primary N) is 1. The first-order valence-electron chi connectivity index (χ1n) is 7.27. The molecule has 3 N–H and O–H groups in total. The molecule has 2 aromatic rings. The Labute approximate surface area is 154 Å². The normalized spacial score (nSPS) is 9.69. The number of nitrogens with one attached hydrogen (secondary N) is 1. The molecule has 2 rings (SSSR count). The van der Waals surface area contributed by atoms with Gasteiger partial charge in [-0.2, -0.15) is 10.5 Å². The minimum absolute atomic E-state index is 0.0152. The average molecular weight is 369 g/mol. The molecule has 132 valence electrons. The van der Waals surface area contributed by atoms with Crippen LogP contribution in [0.2, 0.25) is 0 Å². The number of thioether (sulfide) groups is 1. The minimum atomic E-state index is -0.296. The molecule has 0 radical (unpaired) electrons. The molecule has 1 heterocycles. The highest BCUT2D eigenvalue weighted by atomic mass is 32.2. The van der Waals surface area contributed by atoms with Crippen molar-refractivity contribution in [3.05, 3.63) is 35.4 Å². The molecule has 0 atom stereocenters. The number of anilines is 2. The van der Waals surface area contributed by atoms with Gasteiger partial charge in [-0.25, -0.2) is 4.98 Å². The Morgan fingerprint density at radius 2 is 1.88 bits per heavy atom. The highest BCUT2D eigenvalue weighted by molar-refractivity contribution is 8.00. The number of hydrogen-bond acceptors (Lipinski definition) is 8. The van der Waals surface area contributed by atoms with Crippen LogP contribution in [-0.4, -0.2) is 30.9 Å².